The van der Waals surface area contributed by atoms with Gasteiger partial charge in [-0.15, -0.1) is 0 Å². The van der Waals surface area contributed by atoms with Crippen molar-refractivity contribution in [1.82, 2.24) is 9.88 Å². The number of hydrogen-bond acceptors (Lipinski definition) is 4. The number of amides is 1. The number of para-hydroxylation sites is 1. The minimum Gasteiger partial charge on any atom is -0.373 e. The monoisotopic (exact) mass is 394 g/mol. The van der Waals surface area contributed by atoms with Gasteiger partial charge < -0.3 is 15.1 Å². The fourth-order valence-electron chi connectivity index (χ4n) is 3.64. The summed E-state index contributed by atoms with van der Waals surface area (Å²) in [5.41, 5.74) is 2.92. The number of nitrogens with zero attached hydrogens (tertiary/aromatic N) is 3. The number of carbonyl (C=O) groups excluding carboxylic acids is 1. The molecule has 144 valence electrons. The van der Waals surface area contributed by atoms with Gasteiger partial charge in [-0.3, -0.25) is 9.78 Å². The summed E-state index contributed by atoms with van der Waals surface area (Å²) in [6, 6.07) is 17.5. The van der Waals surface area contributed by atoms with Crippen LogP contribution in [0.15, 0.2) is 60.8 Å². The molecule has 0 unspecified atom stereocenters. The molecule has 2 aromatic carbocycles. The number of nitrogens with one attached hydrogen (secondary N) is 1. The summed E-state index contributed by atoms with van der Waals surface area (Å²) in [6.07, 6.45) is 1.73. The Morgan fingerprint density at radius 2 is 1.82 bits per heavy atom. The highest BCUT2D eigenvalue weighted by Gasteiger charge is 2.25. The molecule has 1 aliphatic heterocycles. The predicted molar refractivity (Wildman–Crippen MR) is 115 cm³/mol. The zero-order valence-electron chi connectivity index (χ0n) is 15.8. The van der Waals surface area contributed by atoms with Crippen molar-refractivity contribution in [1.29, 1.82) is 0 Å². The predicted octanol–water partition coefficient (Wildman–Crippen LogP) is 4.04. The third kappa shape index (κ3) is 3.90. The highest BCUT2D eigenvalue weighted by molar-refractivity contribution is 6.31. The molecule has 1 atom stereocenters. The number of carbonyl (C=O) groups is 1. The van der Waals surface area contributed by atoms with E-state index in [0.29, 0.717) is 5.02 Å². The minimum atomic E-state index is -0.315. The van der Waals surface area contributed by atoms with Crippen LogP contribution in [0.1, 0.15) is 6.92 Å². The fraction of sp³-hybridized carbons (Fsp3) is 0.273. The lowest BCUT2D eigenvalue weighted by molar-refractivity contribution is -0.131. The molecule has 4 rings (SSSR count). The molecular weight excluding hydrogens is 372 g/mol. The van der Waals surface area contributed by atoms with Crippen LogP contribution in [-0.2, 0) is 4.79 Å². The van der Waals surface area contributed by atoms with Gasteiger partial charge in [0.1, 0.15) is 6.04 Å². The third-order valence-electron chi connectivity index (χ3n) is 5.16. The average molecular weight is 395 g/mol. The summed E-state index contributed by atoms with van der Waals surface area (Å²) < 4.78 is 0. The first-order valence-electron chi connectivity index (χ1n) is 9.51. The molecule has 3 aromatic rings. The zero-order chi connectivity index (χ0) is 19.5. The number of pyridine rings is 1. The van der Waals surface area contributed by atoms with E-state index in [2.05, 4.69) is 27.3 Å². The Balaban J connectivity index is 1.41. The van der Waals surface area contributed by atoms with Crippen molar-refractivity contribution in [2.24, 2.45) is 0 Å². The van der Waals surface area contributed by atoms with E-state index in [1.54, 1.807) is 6.20 Å². The second kappa shape index (κ2) is 8.07. The van der Waals surface area contributed by atoms with Crippen molar-refractivity contribution in [3.63, 3.8) is 0 Å². The second-order valence-corrected chi connectivity index (χ2v) is 7.47. The molecule has 5 nitrogen and oxygen atoms in total. The maximum absolute atomic E-state index is 12.9. The summed E-state index contributed by atoms with van der Waals surface area (Å²) in [4.78, 5) is 21.6. The Hall–Kier alpha value is -2.79. The van der Waals surface area contributed by atoms with Crippen molar-refractivity contribution in [2.75, 3.05) is 36.4 Å². The number of benzene rings is 2. The van der Waals surface area contributed by atoms with Crippen LogP contribution >= 0.6 is 11.6 Å². The molecule has 0 aliphatic carbocycles. The number of aromatic nitrogens is 1. The number of halogens is 1. The summed E-state index contributed by atoms with van der Waals surface area (Å²) in [5.74, 6) is 0.117. The molecule has 2 heterocycles. The molecule has 1 saturated heterocycles. The van der Waals surface area contributed by atoms with Gasteiger partial charge in [0.25, 0.3) is 0 Å². The number of piperazine rings is 1. The molecule has 1 aliphatic rings. The van der Waals surface area contributed by atoms with Crippen LogP contribution in [0, 0.1) is 0 Å². The molecule has 28 heavy (non-hydrogen) atoms. The summed E-state index contributed by atoms with van der Waals surface area (Å²) in [6.45, 7) is 5.06. The lowest BCUT2D eigenvalue weighted by Crippen LogP contribution is -2.52. The van der Waals surface area contributed by atoms with Gasteiger partial charge in [-0.2, -0.15) is 0 Å². The average Bonchev–Trinajstić information content (AvgIpc) is 2.74. The molecule has 1 fully saturated rings. The van der Waals surface area contributed by atoms with Gasteiger partial charge in [-0.25, -0.2) is 0 Å². The van der Waals surface area contributed by atoms with Crippen molar-refractivity contribution < 1.29 is 4.79 Å². The summed E-state index contributed by atoms with van der Waals surface area (Å²) in [7, 11) is 0. The molecule has 0 saturated carbocycles. The van der Waals surface area contributed by atoms with E-state index in [1.165, 1.54) is 5.69 Å². The van der Waals surface area contributed by atoms with Crippen LogP contribution in [0.2, 0.25) is 5.02 Å². The van der Waals surface area contributed by atoms with Gasteiger partial charge >= 0.3 is 0 Å². The van der Waals surface area contributed by atoms with E-state index >= 15 is 0 Å². The number of hydrogen-bond donors (Lipinski definition) is 1. The molecule has 6 heteroatoms. The van der Waals surface area contributed by atoms with Crippen molar-refractivity contribution in [2.45, 2.75) is 13.0 Å². The Kier molecular flexibility index (Phi) is 5.35. The van der Waals surface area contributed by atoms with Crippen molar-refractivity contribution in [3.8, 4) is 0 Å². The molecule has 1 N–H and O–H groups in total. The Morgan fingerprint density at radius 3 is 2.57 bits per heavy atom. The topological polar surface area (TPSA) is 48.5 Å². The molecule has 0 bridgehead atoms. The van der Waals surface area contributed by atoms with Gasteiger partial charge in [0.05, 0.1) is 5.52 Å². The third-order valence-corrected chi connectivity index (χ3v) is 5.39. The van der Waals surface area contributed by atoms with Gasteiger partial charge in [0, 0.05) is 54.2 Å². The maximum Gasteiger partial charge on any atom is 0.244 e. The normalized spacial score (nSPS) is 15.5. The Morgan fingerprint density at radius 1 is 1.07 bits per heavy atom. The van der Waals surface area contributed by atoms with Crippen LogP contribution in [-0.4, -0.2) is 48.0 Å². The van der Waals surface area contributed by atoms with Crippen LogP contribution < -0.4 is 10.2 Å². The van der Waals surface area contributed by atoms with E-state index in [9.17, 15) is 4.79 Å². The van der Waals surface area contributed by atoms with Crippen LogP contribution in [0.4, 0.5) is 11.4 Å². The first-order valence-corrected chi connectivity index (χ1v) is 9.89. The van der Waals surface area contributed by atoms with Crippen molar-refractivity contribution in [3.05, 3.63) is 65.8 Å². The van der Waals surface area contributed by atoms with E-state index in [-0.39, 0.29) is 11.9 Å². The molecule has 1 aromatic heterocycles. The fourth-order valence-corrected chi connectivity index (χ4v) is 3.81. The second-order valence-electron chi connectivity index (χ2n) is 7.03. The van der Waals surface area contributed by atoms with E-state index in [4.69, 9.17) is 11.6 Å². The zero-order valence-corrected chi connectivity index (χ0v) is 16.6. The van der Waals surface area contributed by atoms with E-state index < -0.39 is 0 Å². The first-order chi connectivity index (χ1) is 13.6. The molecule has 0 spiro atoms. The van der Waals surface area contributed by atoms with Gasteiger partial charge in [0.15, 0.2) is 0 Å². The van der Waals surface area contributed by atoms with Gasteiger partial charge in [-0.05, 0) is 43.3 Å². The van der Waals surface area contributed by atoms with Crippen molar-refractivity contribution >= 4 is 39.8 Å². The SMILES string of the molecule is C[C@H](Nc1ccnc2cc(Cl)ccc12)C(=O)N1CCN(c2ccccc2)CC1. The standard InChI is InChI=1S/C22H23ClN4O/c1-16(25-20-9-10-24-21-15-17(23)7-8-19(20)21)22(28)27-13-11-26(12-14-27)18-5-3-2-4-6-18/h2-10,15-16H,11-14H2,1H3,(H,24,25)/t16-/m0/s1. The van der Waals surface area contributed by atoms with Crippen LogP contribution in [0.25, 0.3) is 10.9 Å². The Bertz CT molecular complexity index is 971. The number of fused-ring (bicyclic) bond motifs is 1. The number of rotatable bonds is 4. The Labute approximate surface area is 169 Å². The highest BCUT2D eigenvalue weighted by atomic mass is 35.5. The smallest absolute Gasteiger partial charge is 0.244 e. The molecule has 1 amide bonds. The van der Waals surface area contributed by atoms with Gasteiger partial charge in [-0.1, -0.05) is 29.8 Å². The molecule has 0 radical (unpaired) electrons. The van der Waals surface area contributed by atoms with Gasteiger partial charge in [0.2, 0.25) is 5.91 Å². The van der Waals surface area contributed by atoms with E-state index in [1.807, 2.05) is 54.3 Å². The molecular formula is C22H23ClN4O. The minimum absolute atomic E-state index is 0.117. The highest BCUT2D eigenvalue weighted by Crippen LogP contribution is 2.25. The van der Waals surface area contributed by atoms with E-state index in [0.717, 1.165) is 42.8 Å². The quantitative estimate of drug-likeness (QED) is 0.725. The lowest BCUT2D eigenvalue weighted by Gasteiger charge is -2.37. The summed E-state index contributed by atoms with van der Waals surface area (Å²) in [5, 5.41) is 4.97. The first kappa shape index (κ1) is 18.6. The largest absolute Gasteiger partial charge is 0.373 e. The lowest BCUT2D eigenvalue weighted by atomic mass is 10.1. The van der Waals surface area contributed by atoms with Crippen LogP contribution in [0.5, 0.6) is 0 Å². The summed E-state index contributed by atoms with van der Waals surface area (Å²) >= 11 is 6.06. The maximum atomic E-state index is 12.9. The van der Waals surface area contributed by atoms with Crippen LogP contribution in [0.3, 0.4) is 0 Å². The number of anilines is 2.